The molecule has 0 bridgehead atoms. The molecule has 3 rings (SSSR count). The van der Waals surface area contributed by atoms with Crippen LogP contribution in [0.1, 0.15) is 16.8 Å². The molecule has 23 heavy (non-hydrogen) atoms. The third kappa shape index (κ3) is 4.00. The summed E-state index contributed by atoms with van der Waals surface area (Å²) in [5, 5.41) is 10.5. The highest BCUT2D eigenvalue weighted by Gasteiger charge is 2.06. The van der Waals surface area contributed by atoms with E-state index in [1.807, 2.05) is 43.3 Å². The highest BCUT2D eigenvalue weighted by atomic mass is 16.2. The Bertz CT molecular complexity index is 780. The van der Waals surface area contributed by atoms with Crippen molar-refractivity contribution >= 4 is 11.6 Å². The molecule has 0 aliphatic carbocycles. The molecule has 1 aromatic carbocycles. The first-order valence-corrected chi connectivity index (χ1v) is 7.33. The first-order chi connectivity index (χ1) is 11.2. The number of anilines is 1. The van der Waals surface area contributed by atoms with Crippen molar-refractivity contribution in [3.8, 4) is 0 Å². The number of hydrogen-bond donors (Lipinski definition) is 1. The van der Waals surface area contributed by atoms with Gasteiger partial charge in [0.05, 0.1) is 11.9 Å². The number of nitrogens with one attached hydrogen (secondary N) is 1. The van der Waals surface area contributed by atoms with Crippen molar-refractivity contribution in [1.29, 1.82) is 0 Å². The van der Waals surface area contributed by atoms with Gasteiger partial charge in [0.25, 0.3) is 0 Å². The summed E-state index contributed by atoms with van der Waals surface area (Å²) in [5.41, 5.74) is 4.01. The molecule has 6 nitrogen and oxygen atoms in total. The van der Waals surface area contributed by atoms with E-state index in [9.17, 15) is 4.79 Å². The molecule has 2 aromatic heterocycles. The van der Waals surface area contributed by atoms with Crippen LogP contribution in [0.2, 0.25) is 0 Å². The average Bonchev–Trinajstić information content (AvgIpc) is 2.95. The van der Waals surface area contributed by atoms with Gasteiger partial charge in [0.1, 0.15) is 6.54 Å². The monoisotopic (exact) mass is 307 g/mol. The number of nitrogens with zero attached hydrogens (tertiary/aromatic N) is 4. The van der Waals surface area contributed by atoms with E-state index in [1.165, 1.54) is 11.1 Å². The van der Waals surface area contributed by atoms with Crippen LogP contribution in [0, 0.1) is 6.92 Å². The van der Waals surface area contributed by atoms with Crippen LogP contribution in [0.25, 0.3) is 0 Å². The van der Waals surface area contributed by atoms with Crippen molar-refractivity contribution in [3.63, 3.8) is 0 Å². The number of rotatable bonds is 5. The van der Waals surface area contributed by atoms with E-state index in [-0.39, 0.29) is 12.5 Å². The Balaban J connectivity index is 1.59. The van der Waals surface area contributed by atoms with Crippen LogP contribution in [0.4, 0.5) is 5.69 Å². The van der Waals surface area contributed by atoms with Gasteiger partial charge < -0.3 is 5.32 Å². The molecule has 0 aliphatic rings. The Labute approximate surface area is 134 Å². The van der Waals surface area contributed by atoms with E-state index in [0.29, 0.717) is 0 Å². The maximum absolute atomic E-state index is 12.0. The van der Waals surface area contributed by atoms with Crippen molar-refractivity contribution < 1.29 is 4.79 Å². The summed E-state index contributed by atoms with van der Waals surface area (Å²) in [5.74, 6) is -0.125. The molecule has 0 atom stereocenters. The zero-order valence-electron chi connectivity index (χ0n) is 12.8. The number of hydrogen-bond acceptors (Lipinski definition) is 4. The van der Waals surface area contributed by atoms with Crippen LogP contribution in [-0.2, 0) is 17.8 Å². The van der Waals surface area contributed by atoms with Crippen molar-refractivity contribution in [2.24, 2.45) is 0 Å². The topological polar surface area (TPSA) is 72.7 Å². The molecule has 0 saturated carbocycles. The Hall–Kier alpha value is -3.02. The van der Waals surface area contributed by atoms with Gasteiger partial charge in [-0.15, -0.1) is 5.10 Å². The molecular weight excluding hydrogens is 290 g/mol. The van der Waals surface area contributed by atoms with E-state index >= 15 is 0 Å². The number of aryl methyl sites for hydroxylation is 1. The van der Waals surface area contributed by atoms with Gasteiger partial charge in [-0.2, -0.15) is 0 Å². The molecular formula is C17H17N5O. The summed E-state index contributed by atoms with van der Waals surface area (Å²) in [7, 11) is 0. The first-order valence-electron chi connectivity index (χ1n) is 7.33. The summed E-state index contributed by atoms with van der Waals surface area (Å²) < 4.78 is 1.56. The maximum Gasteiger partial charge on any atom is 0.246 e. The number of carbonyl (C=O) groups excluding carboxylic acids is 1. The SMILES string of the molecule is Cc1cnnn1CC(=O)Nc1ccc(Cc2ccncc2)cc1. The van der Waals surface area contributed by atoms with Crippen LogP contribution in [-0.4, -0.2) is 25.9 Å². The molecule has 6 heteroatoms. The van der Waals surface area contributed by atoms with Gasteiger partial charge in [-0.1, -0.05) is 17.3 Å². The van der Waals surface area contributed by atoms with Gasteiger partial charge in [0.15, 0.2) is 0 Å². The Morgan fingerprint density at radius 1 is 1.09 bits per heavy atom. The van der Waals surface area contributed by atoms with E-state index in [1.54, 1.807) is 23.3 Å². The number of carbonyl (C=O) groups is 1. The van der Waals surface area contributed by atoms with E-state index in [4.69, 9.17) is 0 Å². The second-order valence-electron chi connectivity index (χ2n) is 5.31. The lowest BCUT2D eigenvalue weighted by molar-refractivity contribution is -0.117. The first kappa shape index (κ1) is 14.9. The fraction of sp³-hybridized carbons (Fsp3) is 0.176. The molecule has 0 fully saturated rings. The number of benzene rings is 1. The minimum Gasteiger partial charge on any atom is -0.324 e. The molecule has 116 valence electrons. The van der Waals surface area contributed by atoms with Crippen LogP contribution in [0.5, 0.6) is 0 Å². The Morgan fingerprint density at radius 2 is 1.78 bits per heavy atom. The van der Waals surface area contributed by atoms with Gasteiger partial charge in [0, 0.05) is 18.1 Å². The molecule has 0 spiro atoms. The lowest BCUT2D eigenvalue weighted by atomic mass is 10.1. The molecule has 1 amide bonds. The molecule has 3 aromatic rings. The van der Waals surface area contributed by atoms with Gasteiger partial charge in [-0.3, -0.25) is 9.78 Å². The van der Waals surface area contributed by atoms with Crippen molar-refractivity contribution in [2.45, 2.75) is 19.9 Å². The van der Waals surface area contributed by atoms with Gasteiger partial charge in [0.2, 0.25) is 5.91 Å². The summed E-state index contributed by atoms with van der Waals surface area (Å²) in [6.07, 6.45) is 6.04. The molecule has 0 aliphatic heterocycles. The normalized spacial score (nSPS) is 10.5. The number of aromatic nitrogens is 4. The van der Waals surface area contributed by atoms with Crippen LogP contribution >= 0.6 is 0 Å². The molecule has 0 saturated heterocycles. The summed E-state index contributed by atoms with van der Waals surface area (Å²) >= 11 is 0. The summed E-state index contributed by atoms with van der Waals surface area (Å²) in [6, 6.07) is 11.8. The summed E-state index contributed by atoms with van der Waals surface area (Å²) in [6.45, 7) is 2.02. The average molecular weight is 307 g/mol. The fourth-order valence-corrected chi connectivity index (χ4v) is 2.24. The van der Waals surface area contributed by atoms with E-state index in [0.717, 1.165) is 17.8 Å². The largest absolute Gasteiger partial charge is 0.324 e. The van der Waals surface area contributed by atoms with Gasteiger partial charge in [-0.25, -0.2) is 4.68 Å². The zero-order valence-corrected chi connectivity index (χ0v) is 12.8. The lowest BCUT2D eigenvalue weighted by Gasteiger charge is -2.07. The summed E-state index contributed by atoms with van der Waals surface area (Å²) in [4.78, 5) is 16.0. The quantitative estimate of drug-likeness (QED) is 0.784. The molecule has 0 radical (unpaired) electrons. The smallest absolute Gasteiger partial charge is 0.246 e. The highest BCUT2D eigenvalue weighted by molar-refractivity contribution is 5.90. The number of pyridine rings is 1. The predicted molar refractivity (Wildman–Crippen MR) is 86.9 cm³/mol. The second kappa shape index (κ2) is 6.83. The van der Waals surface area contributed by atoms with Crippen LogP contribution in [0.3, 0.4) is 0 Å². The maximum atomic E-state index is 12.0. The third-order valence-corrected chi connectivity index (χ3v) is 3.50. The Morgan fingerprint density at radius 3 is 2.43 bits per heavy atom. The fourth-order valence-electron chi connectivity index (χ4n) is 2.24. The highest BCUT2D eigenvalue weighted by Crippen LogP contribution is 2.13. The molecule has 0 unspecified atom stereocenters. The van der Waals surface area contributed by atoms with Crippen LogP contribution < -0.4 is 5.32 Å². The number of amides is 1. The molecule has 2 heterocycles. The van der Waals surface area contributed by atoms with Crippen molar-refractivity contribution in [3.05, 3.63) is 71.8 Å². The van der Waals surface area contributed by atoms with Crippen LogP contribution in [0.15, 0.2) is 55.0 Å². The zero-order chi connectivity index (χ0) is 16.1. The van der Waals surface area contributed by atoms with Crippen molar-refractivity contribution in [1.82, 2.24) is 20.0 Å². The van der Waals surface area contributed by atoms with Gasteiger partial charge in [-0.05, 0) is 48.7 Å². The lowest BCUT2D eigenvalue weighted by Crippen LogP contribution is -2.20. The molecule has 1 N–H and O–H groups in total. The van der Waals surface area contributed by atoms with E-state index in [2.05, 4.69) is 20.6 Å². The second-order valence-corrected chi connectivity index (χ2v) is 5.31. The minimum atomic E-state index is -0.125. The van der Waals surface area contributed by atoms with E-state index < -0.39 is 0 Å². The van der Waals surface area contributed by atoms with Crippen molar-refractivity contribution in [2.75, 3.05) is 5.32 Å². The minimum absolute atomic E-state index is 0.125. The van der Waals surface area contributed by atoms with Gasteiger partial charge >= 0.3 is 0 Å². The standard InChI is InChI=1S/C17H17N5O/c1-13-11-19-21-22(13)12-17(23)20-16-4-2-14(3-5-16)10-15-6-8-18-9-7-15/h2-9,11H,10,12H2,1H3,(H,20,23). The Kier molecular flexibility index (Phi) is 4.42. The predicted octanol–water partition coefficient (Wildman–Crippen LogP) is 2.21. The third-order valence-electron chi connectivity index (χ3n) is 3.50.